The van der Waals surface area contributed by atoms with Crippen molar-refractivity contribution in [2.75, 3.05) is 13.7 Å². The quantitative estimate of drug-likeness (QED) is 0.226. The molecule has 0 amide bonds. The van der Waals surface area contributed by atoms with E-state index in [0.29, 0.717) is 5.71 Å². The summed E-state index contributed by atoms with van der Waals surface area (Å²) in [4.78, 5) is 0. The van der Waals surface area contributed by atoms with E-state index in [4.69, 9.17) is 27.7 Å². The number of guanidine groups is 2. The van der Waals surface area contributed by atoms with Crippen LogP contribution in [0.3, 0.4) is 0 Å². The lowest BCUT2D eigenvalue weighted by Gasteiger charge is -1.95. The minimum atomic E-state index is -0.168. The molecule has 0 fully saturated rings. The first-order valence-electron chi connectivity index (χ1n) is 3.82. The molecule has 0 saturated heterocycles. The van der Waals surface area contributed by atoms with Gasteiger partial charge in [0.25, 0.3) is 0 Å². The van der Waals surface area contributed by atoms with Crippen molar-refractivity contribution in [1.29, 1.82) is 0 Å². The summed E-state index contributed by atoms with van der Waals surface area (Å²) in [6, 6.07) is 0. The molecule has 15 heavy (non-hydrogen) atoms. The zero-order chi connectivity index (χ0) is 11.7. The molecule has 0 aliphatic heterocycles. The predicted molar refractivity (Wildman–Crippen MR) is 59.4 cm³/mol. The molecule has 0 heterocycles. The Labute approximate surface area is 86.6 Å². The van der Waals surface area contributed by atoms with Gasteiger partial charge in [-0.1, -0.05) is 0 Å². The van der Waals surface area contributed by atoms with Gasteiger partial charge in [-0.3, -0.25) is 0 Å². The first kappa shape index (κ1) is 12.8. The van der Waals surface area contributed by atoms with Crippen LogP contribution in [0.2, 0.25) is 0 Å². The summed E-state index contributed by atoms with van der Waals surface area (Å²) in [6.45, 7) is 0.181. The third-order valence-corrected chi connectivity index (χ3v) is 0.966. The second-order valence-corrected chi connectivity index (χ2v) is 2.32. The Kier molecular flexibility index (Phi) is 6.22. The molecule has 0 radical (unpaired) electrons. The van der Waals surface area contributed by atoms with Crippen molar-refractivity contribution in [3.63, 3.8) is 0 Å². The van der Waals surface area contributed by atoms with Crippen LogP contribution in [-0.2, 0) is 4.74 Å². The van der Waals surface area contributed by atoms with Gasteiger partial charge in [-0.25, -0.2) is 0 Å². The molecule has 0 atom stereocenters. The number of ether oxygens (including phenoxy) is 1. The molecule has 0 aliphatic rings. The Balaban J connectivity index is 4.54. The van der Waals surface area contributed by atoms with Crippen LogP contribution in [0, 0.1) is 0 Å². The second-order valence-electron chi connectivity index (χ2n) is 2.32. The highest BCUT2D eigenvalue weighted by molar-refractivity contribution is 6.31. The highest BCUT2D eigenvalue weighted by Crippen LogP contribution is 1.81. The number of nitrogens with two attached hydrogens (primary N) is 4. The van der Waals surface area contributed by atoms with Gasteiger partial charge in [-0.05, 0) is 0 Å². The van der Waals surface area contributed by atoms with Gasteiger partial charge in [-0.15, -0.1) is 15.3 Å². The maximum atomic E-state index is 5.08. The Morgan fingerprint density at radius 1 is 1.07 bits per heavy atom. The molecule has 0 aromatic rings. The van der Waals surface area contributed by atoms with Gasteiger partial charge < -0.3 is 27.7 Å². The molecule has 9 heteroatoms. The number of nitrogens with zero attached hydrogens (tertiary/aromatic N) is 4. The maximum Gasteiger partial charge on any atom is 0.211 e. The van der Waals surface area contributed by atoms with Gasteiger partial charge >= 0.3 is 0 Å². The molecule has 0 unspecified atom stereocenters. The lowest BCUT2D eigenvalue weighted by molar-refractivity contribution is 0.246. The standard InChI is InChI=1S/C6H14N8O/c1-15-3-4(12-14-6(9)10)2-11-13-5(7)8/h2H,3H2,1H3,(H4,7,8,13)(H4,9,10,14)/b11-2+,12-4-. The van der Waals surface area contributed by atoms with Gasteiger partial charge in [0.15, 0.2) is 0 Å². The van der Waals surface area contributed by atoms with Crippen molar-refractivity contribution in [3.8, 4) is 0 Å². The van der Waals surface area contributed by atoms with E-state index < -0.39 is 0 Å². The fourth-order valence-corrected chi connectivity index (χ4v) is 0.524. The van der Waals surface area contributed by atoms with E-state index in [0.717, 1.165) is 0 Å². The maximum absolute atomic E-state index is 5.08. The lowest BCUT2D eigenvalue weighted by atomic mass is 10.4. The van der Waals surface area contributed by atoms with Crippen molar-refractivity contribution in [2.24, 2.45) is 43.3 Å². The zero-order valence-electron chi connectivity index (χ0n) is 8.29. The molecule has 84 valence electrons. The van der Waals surface area contributed by atoms with Crippen molar-refractivity contribution < 1.29 is 4.74 Å². The summed E-state index contributed by atoms with van der Waals surface area (Å²) in [6.07, 6.45) is 1.27. The summed E-state index contributed by atoms with van der Waals surface area (Å²) in [5.41, 5.74) is 20.6. The van der Waals surface area contributed by atoms with E-state index in [2.05, 4.69) is 20.4 Å². The Bertz CT molecular complexity index is 296. The number of hydrogen-bond acceptors (Lipinski definition) is 5. The number of hydrogen-bond donors (Lipinski definition) is 4. The normalized spacial score (nSPS) is 11.4. The van der Waals surface area contributed by atoms with Gasteiger partial charge in [-0.2, -0.15) is 5.10 Å². The minimum Gasteiger partial charge on any atom is -0.378 e. The van der Waals surface area contributed by atoms with Crippen LogP contribution in [-0.4, -0.2) is 37.6 Å². The lowest BCUT2D eigenvalue weighted by Crippen LogP contribution is -2.22. The molecule has 0 aromatic carbocycles. The zero-order valence-corrected chi connectivity index (χ0v) is 8.29. The van der Waals surface area contributed by atoms with Gasteiger partial charge in [0.1, 0.15) is 5.71 Å². The number of rotatable bonds is 5. The topological polar surface area (TPSA) is 163 Å². The molecule has 9 nitrogen and oxygen atoms in total. The molecule has 0 bridgehead atoms. The summed E-state index contributed by atoms with van der Waals surface area (Å²) < 4.78 is 4.81. The Hall–Kier alpha value is -2.16. The SMILES string of the molecule is COCC(/C=N/N=C(N)N)=N\N=C(N)N. The van der Waals surface area contributed by atoms with Crippen molar-refractivity contribution in [2.45, 2.75) is 0 Å². The van der Waals surface area contributed by atoms with Crippen LogP contribution in [0.15, 0.2) is 20.4 Å². The first-order valence-corrected chi connectivity index (χ1v) is 3.82. The van der Waals surface area contributed by atoms with Gasteiger partial charge in [0, 0.05) is 7.11 Å². The smallest absolute Gasteiger partial charge is 0.211 e. The van der Waals surface area contributed by atoms with Gasteiger partial charge in [0.2, 0.25) is 11.9 Å². The van der Waals surface area contributed by atoms with Crippen molar-refractivity contribution in [1.82, 2.24) is 0 Å². The monoisotopic (exact) mass is 214 g/mol. The van der Waals surface area contributed by atoms with Crippen molar-refractivity contribution in [3.05, 3.63) is 0 Å². The van der Waals surface area contributed by atoms with Crippen LogP contribution in [0.25, 0.3) is 0 Å². The molecule has 0 aromatic heterocycles. The van der Waals surface area contributed by atoms with Crippen molar-refractivity contribution >= 4 is 23.8 Å². The highest BCUT2D eigenvalue weighted by Gasteiger charge is 1.93. The molecule has 0 saturated carbocycles. The molecular formula is C6H14N8O. The summed E-state index contributed by atoms with van der Waals surface area (Å²) >= 11 is 0. The Morgan fingerprint density at radius 2 is 1.67 bits per heavy atom. The fraction of sp³-hybridized carbons (Fsp3) is 0.333. The van der Waals surface area contributed by atoms with Crippen LogP contribution in [0.1, 0.15) is 0 Å². The largest absolute Gasteiger partial charge is 0.378 e. The van der Waals surface area contributed by atoms with E-state index in [1.54, 1.807) is 0 Å². The van der Waals surface area contributed by atoms with Crippen LogP contribution in [0.5, 0.6) is 0 Å². The fourth-order valence-electron chi connectivity index (χ4n) is 0.524. The van der Waals surface area contributed by atoms with E-state index in [-0.39, 0.29) is 18.5 Å². The highest BCUT2D eigenvalue weighted by atomic mass is 16.5. The third-order valence-electron chi connectivity index (χ3n) is 0.966. The number of methoxy groups -OCH3 is 1. The van der Waals surface area contributed by atoms with E-state index in [1.807, 2.05) is 0 Å². The predicted octanol–water partition coefficient (Wildman–Crippen LogP) is -2.48. The molecule has 8 N–H and O–H groups in total. The third kappa shape index (κ3) is 8.18. The molecule has 0 aliphatic carbocycles. The van der Waals surface area contributed by atoms with Gasteiger partial charge in [0.05, 0.1) is 12.8 Å². The molecule has 0 rings (SSSR count). The summed E-state index contributed by atoms with van der Waals surface area (Å²) in [5.74, 6) is -0.330. The first-order chi connectivity index (χ1) is 7.06. The Morgan fingerprint density at radius 3 is 2.13 bits per heavy atom. The minimum absolute atomic E-state index is 0.162. The van der Waals surface area contributed by atoms with E-state index in [1.165, 1.54) is 13.3 Å². The van der Waals surface area contributed by atoms with Crippen LogP contribution >= 0.6 is 0 Å². The average Bonchev–Trinajstić information content (AvgIpc) is 2.13. The summed E-state index contributed by atoms with van der Waals surface area (Å²) in [7, 11) is 1.49. The molecule has 0 spiro atoms. The van der Waals surface area contributed by atoms with Crippen LogP contribution < -0.4 is 22.9 Å². The van der Waals surface area contributed by atoms with E-state index >= 15 is 0 Å². The average molecular weight is 214 g/mol. The van der Waals surface area contributed by atoms with E-state index in [9.17, 15) is 0 Å². The van der Waals surface area contributed by atoms with Crippen LogP contribution in [0.4, 0.5) is 0 Å². The molecular weight excluding hydrogens is 200 g/mol. The summed E-state index contributed by atoms with van der Waals surface area (Å²) in [5, 5.41) is 13.9. The second kappa shape index (κ2) is 7.26.